The van der Waals surface area contributed by atoms with Crippen LogP contribution in [-0.2, 0) is 9.53 Å². The second-order valence-electron chi connectivity index (χ2n) is 3.88. The van der Waals surface area contributed by atoms with Crippen molar-refractivity contribution in [3.63, 3.8) is 0 Å². The molecule has 3 atom stereocenters. The molecular weight excluding hydrogens is 182 g/mol. The van der Waals surface area contributed by atoms with Crippen molar-refractivity contribution in [1.82, 2.24) is 0 Å². The molecule has 1 aliphatic rings. The van der Waals surface area contributed by atoms with Crippen LogP contribution in [0.1, 0.15) is 39.0 Å². The molecule has 0 amide bonds. The summed E-state index contributed by atoms with van der Waals surface area (Å²) in [5.41, 5.74) is 5.81. The number of ether oxygens (including phenoxy) is 1. The van der Waals surface area contributed by atoms with Gasteiger partial charge in [-0.15, -0.1) is 0 Å². The number of nitrogens with two attached hydrogens (primary N) is 1. The predicted molar refractivity (Wildman–Crippen MR) is 53.0 cm³/mol. The molecule has 3 unspecified atom stereocenters. The first kappa shape index (κ1) is 11.5. The Labute approximate surface area is 84.4 Å². The van der Waals surface area contributed by atoms with Crippen LogP contribution in [0.15, 0.2) is 0 Å². The molecule has 14 heavy (non-hydrogen) atoms. The topological polar surface area (TPSA) is 72.5 Å². The lowest BCUT2D eigenvalue weighted by Gasteiger charge is -2.21. The summed E-state index contributed by atoms with van der Waals surface area (Å²) >= 11 is 0. The molecule has 1 rings (SSSR count). The van der Waals surface area contributed by atoms with Crippen LogP contribution in [-0.4, -0.2) is 29.3 Å². The van der Waals surface area contributed by atoms with Crippen LogP contribution in [0.4, 0.5) is 0 Å². The van der Waals surface area contributed by atoms with Gasteiger partial charge in [0.2, 0.25) is 0 Å². The molecule has 3 N–H and O–H groups in total. The van der Waals surface area contributed by atoms with Crippen LogP contribution in [0, 0.1) is 0 Å². The molecule has 4 nitrogen and oxygen atoms in total. The SMILES string of the molecule is CCCC(OC1CCCC1N)C(=O)O. The molecule has 0 aromatic rings. The Morgan fingerprint density at radius 2 is 2.36 bits per heavy atom. The van der Waals surface area contributed by atoms with Gasteiger partial charge in [0.05, 0.1) is 6.10 Å². The maximum atomic E-state index is 10.8. The summed E-state index contributed by atoms with van der Waals surface area (Å²) in [5, 5.41) is 8.89. The van der Waals surface area contributed by atoms with Crippen molar-refractivity contribution in [2.45, 2.75) is 57.3 Å². The van der Waals surface area contributed by atoms with Gasteiger partial charge in [0, 0.05) is 6.04 Å². The molecule has 0 heterocycles. The Kier molecular flexibility index (Phi) is 4.35. The zero-order valence-corrected chi connectivity index (χ0v) is 8.61. The summed E-state index contributed by atoms with van der Waals surface area (Å²) in [6.45, 7) is 1.95. The lowest BCUT2D eigenvalue weighted by molar-refractivity contribution is -0.155. The molecule has 0 radical (unpaired) electrons. The molecule has 0 aromatic heterocycles. The van der Waals surface area contributed by atoms with E-state index in [-0.39, 0.29) is 12.1 Å². The van der Waals surface area contributed by atoms with Crippen LogP contribution < -0.4 is 5.73 Å². The fourth-order valence-electron chi connectivity index (χ4n) is 1.85. The van der Waals surface area contributed by atoms with E-state index in [9.17, 15) is 4.79 Å². The Morgan fingerprint density at radius 1 is 1.64 bits per heavy atom. The number of hydrogen-bond acceptors (Lipinski definition) is 3. The fraction of sp³-hybridized carbons (Fsp3) is 0.900. The van der Waals surface area contributed by atoms with Crippen molar-refractivity contribution in [3.05, 3.63) is 0 Å². The lowest BCUT2D eigenvalue weighted by atomic mass is 10.2. The predicted octanol–water partition coefficient (Wildman–Crippen LogP) is 1.14. The first-order valence-corrected chi connectivity index (χ1v) is 5.29. The zero-order chi connectivity index (χ0) is 10.6. The van der Waals surface area contributed by atoms with Crippen molar-refractivity contribution in [2.24, 2.45) is 5.73 Å². The second kappa shape index (κ2) is 5.32. The minimum atomic E-state index is -0.869. The second-order valence-corrected chi connectivity index (χ2v) is 3.88. The quantitative estimate of drug-likeness (QED) is 0.699. The van der Waals surface area contributed by atoms with Crippen molar-refractivity contribution >= 4 is 5.97 Å². The summed E-state index contributed by atoms with van der Waals surface area (Å²) in [6, 6.07) is 0.0220. The largest absolute Gasteiger partial charge is 0.479 e. The van der Waals surface area contributed by atoms with E-state index in [1.165, 1.54) is 0 Å². The van der Waals surface area contributed by atoms with E-state index in [2.05, 4.69) is 0 Å². The molecule has 0 spiro atoms. The highest BCUT2D eigenvalue weighted by Crippen LogP contribution is 2.22. The fourth-order valence-corrected chi connectivity index (χ4v) is 1.85. The van der Waals surface area contributed by atoms with Crippen LogP contribution >= 0.6 is 0 Å². The maximum absolute atomic E-state index is 10.8. The molecule has 1 aliphatic carbocycles. The molecule has 0 bridgehead atoms. The van der Waals surface area contributed by atoms with Gasteiger partial charge in [-0.25, -0.2) is 4.79 Å². The molecular formula is C10H19NO3. The van der Waals surface area contributed by atoms with Crippen LogP contribution in [0.5, 0.6) is 0 Å². The van der Waals surface area contributed by atoms with E-state index in [0.29, 0.717) is 6.42 Å². The van der Waals surface area contributed by atoms with Crippen molar-refractivity contribution in [3.8, 4) is 0 Å². The maximum Gasteiger partial charge on any atom is 0.332 e. The van der Waals surface area contributed by atoms with E-state index in [1.54, 1.807) is 0 Å². The zero-order valence-electron chi connectivity index (χ0n) is 8.61. The number of carbonyl (C=O) groups is 1. The van der Waals surface area contributed by atoms with E-state index < -0.39 is 12.1 Å². The van der Waals surface area contributed by atoms with Gasteiger partial charge in [-0.05, 0) is 25.7 Å². The van der Waals surface area contributed by atoms with Gasteiger partial charge in [-0.1, -0.05) is 13.3 Å². The van der Waals surface area contributed by atoms with Gasteiger partial charge in [-0.3, -0.25) is 0 Å². The normalized spacial score (nSPS) is 29.0. The molecule has 0 aliphatic heterocycles. The first-order chi connectivity index (χ1) is 6.65. The monoisotopic (exact) mass is 201 g/mol. The van der Waals surface area contributed by atoms with Crippen molar-refractivity contribution in [1.29, 1.82) is 0 Å². The van der Waals surface area contributed by atoms with Gasteiger partial charge >= 0.3 is 5.97 Å². The Hall–Kier alpha value is -0.610. The van der Waals surface area contributed by atoms with Gasteiger partial charge in [0.15, 0.2) is 6.10 Å². The van der Waals surface area contributed by atoms with E-state index in [0.717, 1.165) is 25.7 Å². The van der Waals surface area contributed by atoms with Gasteiger partial charge in [0.25, 0.3) is 0 Å². The molecule has 1 saturated carbocycles. The summed E-state index contributed by atoms with van der Waals surface area (Å²) in [7, 11) is 0. The Balaban J connectivity index is 2.41. The van der Waals surface area contributed by atoms with Gasteiger partial charge in [0.1, 0.15) is 0 Å². The van der Waals surface area contributed by atoms with Crippen molar-refractivity contribution in [2.75, 3.05) is 0 Å². The number of carboxylic acids is 1. The Morgan fingerprint density at radius 3 is 2.79 bits per heavy atom. The highest BCUT2D eigenvalue weighted by molar-refractivity contribution is 5.72. The third-order valence-electron chi connectivity index (χ3n) is 2.67. The van der Waals surface area contributed by atoms with Gasteiger partial charge < -0.3 is 15.6 Å². The molecule has 0 saturated heterocycles. The minimum absolute atomic E-state index is 0.0220. The van der Waals surface area contributed by atoms with E-state index >= 15 is 0 Å². The third-order valence-corrected chi connectivity index (χ3v) is 2.67. The third kappa shape index (κ3) is 2.96. The highest BCUT2D eigenvalue weighted by Gasteiger charge is 2.29. The van der Waals surface area contributed by atoms with Crippen LogP contribution in [0.3, 0.4) is 0 Å². The Bertz CT molecular complexity index is 196. The molecule has 82 valence electrons. The average Bonchev–Trinajstić information content (AvgIpc) is 2.51. The number of aliphatic carboxylic acids is 1. The number of rotatable bonds is 5. The first-order valence-electron chi connectivity index (χ1n) is 5.29. The van der Waals surface area contributed by atoms with E-state index in [1.807, 2.05) is 6.92 Å². The van der Waals surface area contributed by atoms with E-state index in [4.69, 9.17) is 15.6 Å². The lowest BCUT2D eigenvalue weighted by Crippen LogP contribution is -2.37. The van der Waals surface area contributed by atoms with Gasteiger partial charge in [-0.2, -0.15) is 0 Å². The summed E-state index contributed by atoms with van der Waals surface area (Å²) in [5.74, 6) is -0.869. The standard InChI is InChI=1S/C10H19NO3/c1-2-4-9(10(12)13)14-8-6-3-5-7(8)11/h7-9H,2-6,11H2,1H3,(H,12,13). The van der Waals surface area contributed by atoms with Crippen LogP contribution in [0.25, 0.3) is 0 Å². The molecule has 1 fully saturated rings. The average molecular weight is 201 g/mol. The summed E-state index contributed by atoms with van der Waals surface area (Å²) < 4.78 is 5.50. The smallest absolute Gasteiger partial charge is 0.332 e. The summed E-state index contributed by atoms with van der Waals surface area (Å²) in [4.78, 5) is 10.8. The minimum Gasteiger partial charge on any atom is -0.479 e. The van der Waals surface area contributed by atoms with Crippen LogP contribution in [0.2, 0.25) is 0 Å². The number of carboxylic acid groups (broad SMARTS) is 1. The highest BCUT2D eigenvalue weighted by atomic mass is 16.5. The number of hydrogen-bond donors (Lipinski definition) is 2. The summed E-state index contributed by atoms with van der Waals surface area (Å²) in [6.07, 6.45) is 3.55. The van der Waals surface area contributed by atoms with Crippen molar-refractivity contribution < 1.29 is 14.6 Å². The molecule has 4 heteroatoms. The molecule has 0 aromatic carbocycles.